The van der Waals surface area contributed by atoms with Crippen LogP contribution >= 0.6 is 11.3 Å². The van der Waals surface area contributed by atoms with Crippen LogP contribution in [-0.2, 0) is 27.4 Å². The van der Waals surface area contributed by atoms with E-state index in [0.29, 0.717) is 17.8 Å². The lowest BCUT2D eigenvalue weighted by molar-refractivity contribution is -0.125. The summed E-state index contributed by atoms with van der Waals surface area (Å²) in [6.07, 6.45) is 3.68. The molecule has 40 heavy (non-hydrogen) atoms. The smallest absolute Gasteiger partial charge is 0.407 e. The first-order chi connectivity index (χ1) is 19.3. The van der Waals surface area contributed by atoms with E-state index < -0.39 is 29.8 Å². The molecule has 9 nitrogen and oxygen atoms in total. The van der Waals surface area contributed by atoms with Crippen LogP contribution in [-0.4, -0.2) is 54.3 Å². The summed E-state index contributed by atoms with van der Waals surface area (Å²) in [4.78, 5) is 52.1. The second kappa shape index (κ2) is 12.9. The number of hydrogen-bond donors (Lipinski definition) is 2. The fraction of sp³-hybridized carbons (Fsp3) is 0.393. The Kier molecular flexibility index (Phi) is 9.41. The largest absolute Gasteiger partial charge is 0.453 e. The summed E-state index contributed by atoms with van der Waals surface area (Å²) >= 11 is 1.58. The number of carbonyl (C=O) groups excluding carboxylic acids is 4. The molecule has 2 N–H and O–H groups in total. The molecule has 1 unspecified atom stereocenters. The Bertz CT molecular complexity index is 1430. The number of halogens is 2. The number of amides is 3. The van der Waals surface area contributed by atoms with Crippen molar-refractivity contribution in [1.82, 2.24) is 20.5 Å². The molecule has 0 spiro atoms. The number of benzene rings is 2. The predicted octanol–water partition coefficient (Wildman–Crippen LogP) is 4.43. The molecule has 0 radical (unpaired) electrons. The van der Waals surface area contributed by atoms with Gasteiger partial charge in [0.15, 0.2) is 0 Å². The molecule has 5 rings (SSSR count). The van der Waals surface area contributed by atoms with Crippen molar-refractivity contribution in [1.29, 1.82) is 0 Å². The van der Waals surface area contributed by atoms with Gasteiger partial charge in [0.05, 0.1) is 28.4 Å². The van der Waals surface area contributed by atoms with E-state index >= 15 is 0 Å². The van der Waals surface area contributed by atoms with Crippen LogP contribution in [0.15, 0.2) is 29.8 Å². The number of aromatic nitrogens is 1. The number of hydrogen-bond acceptors (Lipinski definition) is 7. The van der Waals surface area contributed by atoms with Crippen molar-refractivity contribution >= 4 is 45.7 Å². The van der Waals surface area contributed by atoms with E-state index in [0.717, 1.165) is 28.6 Å². The first-order valence-electron chi connectivity index (χ1n) is 12.9. The Morgan fingerprint density at radius 3 is 2.67 bits per heavy atom. The van der Waals surface area contributed by atoms with Crippen molar-refractivity contribution in [2.45, 2.75) is 57.2 Å². The lowest BCUT2D eigenvalue weighted by atomic mass is 9.79. The Hall–Kier alpha value is -3.93. The standard InChI is InChI=1S/C17H20FN3O5.C11H10FNS/c1-19-15(23)12(4-3-7-22)21-9-11-6-5-10(8-20-17(25)26-2)14(18)13(11)16(21)24;12-8-4-5-9-11(13-6-14-9)10(8)7-2-1-3-7/h5-7,12H,3-4,8-9H2,1-2H3,(H,19,23)(H,20,25);4-7H,1-3H2. The van der Waals surface area contributed by atoms with E-state index in [9.17, 15) is 28.0 Å². The fourth-order valence-electron chi connectivity index (χ4n) is 4.88. The van der Waals surface area contributed by atoms with Crippen LogP contribution in [0.3, 0.4) is 0 Å². The predicted molar refractivity (Wildman–Crippen MR) is 145 cm³/mol. The molecule has 3 aromatic rings. The molecule has 2 heterocycles. The third kappa shape index (κ3) is 5.96. The van der Waals surface area contributed by atoms with Crippen LogP contribution < -0.4 is 10.6 Å². The number of thiazole rings is 1. The molecule has 2 aliphatic rings. The van der Waals surface area contributed by atoms with Crippen LogP contribution in [0.1, 0.15) is 65.1 Å². The van der Waals surface area contributed by atoms with Gasteiger partial charge in [-0.25, -0.2) is 18.6 Å². The second-order valence-electron chi connectivity index (χ2n) is 9.51. The number of carbonyl (C=O) groups is 4. The third-order valence-corrected chi connectivity index (χ3v) is 8.01. The van der Waals surface area contributed by atoms with Gasteiger partial charge in [0.25, 0.3) is 5.91 Å². The molecule has 0 saturated heterocycles. The number of nitrogens with one attached hydrogen (secondary N) is 2. The van der Waals surface area contributed by atoms with Crippen LogP contribution in [0.4, 0.5) is 13.6 Å². The maximum Gasteiger partial charge on any atom is 0.407 e. The molecular formula is C28H30F2N4O5S. The molecule has 1 atom stereocenters. The van der Waals surface area contributed by atoms with Crippen LogP contribution in [0.25, 0.3) is 10.2 Å². The third-order valence-electron chi connectivity index (χ3n) is 7.22. The van der Waals surface area contributed by atoms with Gasteiger partial charge in [-0.05, 0) is 42.9 Å². The second-order valence-corrected chi connectivity index (χ2v) is 10.4. The molecule has 212 valence electrons. The molecular weight excluding hydrogens is 542 g/mol. The van der Waals surface area contributed by atoms with E-state index in [1.807, 2.05) is 6.07 Å². The van der Waals surface area contributed by atoms with Gasteiger partial charge in [-0.1, -0.05) is 18.6 Å². The summed E-state index contributed by atoms with van der Waals surface area (Å²) in [5.74, 6) is -1.43. The zero-order chi connectivity index (χ0) is 28.8. The zero-order valence-electron chi connectivity index (χ0n) is 22.2. The maximum absolute atomic E-state index is 14.8. The lowest BCUT2D eigenvalue weighted by Crippen LogP contribution is -2.46. The Labute approximate surface area is 233 Å². The highest BCUT2D eigenvalue weighted by Gasteiger charge is 2.38. The lowest BCUT2D eigenvalue weighted by Gasteiger charge is -2.26. The number of fused-ring (bicyclic) bond motifs is 2. The van der Waals surface area contributed by atoms with Crippen molar-refractivity contribution in [3.8, 4) is 0 Å². The minimum absolute atomic E-state index is 0.0758. The van der Waals surface area contributed by atoms with E-state index in [1.54, 1.807) is 29.0 Å². The quantitative estimate of drug-likeness (QED) is 0.386. The normalized spacial score (nSPS) is 15.0. The summed E-state index contributed by atoms with van der Waals surface area (Å²) < 4.78 is 33.9. The first kappa shape index (κ1) is 29.1. The van der Waals surface area contributed by atoms with Gasteiger partial charge in [-0.15, -0.1) is 11.3 Å². The van der Waals surface area contributed by atoms with Gasteiger partial charge in [0.1, 0.15) is 24.0 Å². The molecule has 1 saturated carbocycles. The summed E-state index contributed by atoms with van der Waals surface area (Å²) in [7, 11) is 2.62. The monoisotopic (exact) mass is 572 g/mol. The molecule has 1 aromatic heterocycles. The molecule has 12 heteroatoms. The van der Waals surface area contributed by atoms with Crippen molar-refractivity contribution < 1.29 is 32.7 Å². The van der Waals surface area contributed by atoms with E-state index in [-0.39, 0.29) is 42.9 Å². The highest BCUT2D eigenvalue weighted by Crippen LogP contribution is 2.41. The van der Waals surface area contributed by atoms with Gasteiger partial charge in [-0.3, -0.25) is 9.59 Å². The minimum Gasteiger partial charge on any atom is -0.453 e. The molecule has 0 bridgehead atoms. The molecule has 2 aromatic carbocycles. The van der Waals surface area contributed by atoms with Crippen molar-refractivity contribution in [2.75, 3.05) is 14.2 Å². The number of nitrogens with zero attached hydrogens (tertiary/aromatic N) is 2. The number of aldehydes is 1. The van der Waals surface area contributed by atoms with Crippen LogP contribution in [0.5, 0.6) is 0 Å². The van der Waals surface area contributed by atoms with E-state index in [4.69, 9.17) is 0 Å². The van der Waals surface area contributed by atoms with Gasteiger partial charge < -0.3 is 25.1 Å². The number of likely N-dealkylation sites (N-methyl/N-ethyl adjacent to an activating group) is 1. The molecule has 1 aliphatic carbocycles. The summed E-state index contributed by atoms with van der Waals surface area (Å²) in [5.41, 5.74) is 4.01. The average molecular weight is 573 g/mol. The number of methoxy groups -OCH3 is 1. The highest BCUT2D eigenvalue weighted by molar-refractivity contribution is 7.16. The molecule has 1 fully saturated rings. The Morgan fingerprint density at radius 1 is 1.25 bits per heavy atom. The van der Waals surface area contributed by atoms with Gasteiger partial charge in [0, 0.05) is 37.7 Å². The van der Waals surface area contributed by atoms with Gasteiger partial charge in [-0.2, -0.15) is 0 Å². The van der Waals surface area contributed by atoms with E-state index in [2.05, 4.69) is 20.4 Å². The Morgan fingerprint density at radius 2 is 2.02 bits per heavy atom. The average Bonchev–Trinajstić information content (AvgIpc) is 3.54. The van der Waals surface area contributed by atoms with Crippen LogP contribution in [0, 0.1) is 11.6 Å². The summed E-state index contributed by atoms with van der Waals surface area (Å²) in [6.45, 7) is -0.0597. The van der Waals surface area contributed by atoms with Crippen LogP contribution in [0.2, 0.25) is 0 Å². The first-order valence-corrected chi connectivity index (χ1v) is 13.8. The van der Waals surface area contributed by atoms with Crippen molar-refractivity contribution in [3.05, 3.63) is 63.7 Å². The van der Waals surface area contributed by atoms with Crippen molar-refractivity contribution in [3.63, 3.8) is 0 Å². The van der Waals surface area contributed by atoms with Gasteiger partial charge >= 0.3 is 6.09 Å². The Balaban J connectivity index is 0.000000219. The SMILES string of the molecule is CNC(=O)C(CCC=O)N1Cc2ccc(CNC(=O)OC)c(F)c2C1=O.Fc1ccc2scnc2c1C1CCC1. The topological polar surface area (TPSA) is 118 Å². The minimum atomic E-state index is -0.860. The fourth-order valence-corrected chi connectivity index (χ4v) is 5.58. The van der Waals surface area contributed by atoms with Gasteiger partial charge in [0.2, 0.25) is 5.91 Å². The molecule has 1 aliphatic heterocycles. The number of ether oxygens (including phenoxy) is 1. The maximum atomic E-state index is 14.8. The summed E-state index contributed by atoms with van der Waals surface area (Å²) in [5, 5.41) is 4.82. The number of rotatable bonds is 8. The zero-order valence-corrected chi connectivity index (χ0v) is 23.0. The van der Waals surface area contributed by atoms with E-state index in [1.165, 1.54) is 31.5 Å². The van der Waals surface area contributed by atoms with Crippen molar-refractivity contribution in [2.24, 2.45) is 0 Å². The molecule has 3 amide bonds. The number of alkyl carbamates (subject to hydrolysis) is 1. The summed E-state index contributed by atoms with van der Waals surface area (Å²) in [6, 6.07) is 5.60. The highest BCUT2D eigenvalue weighted by atomic mass is 32.1.